The molecule has 1 amide bonds. The number of nitrogens with zero attached hydrogens (tertiary/aromatic N) is 2. The quantitative estimate of drug-likeness (QED) is 0.528. The lowest BCUT2D eigenvalue weighted by Crippen LogP contribution is -2.58. The molecular formula is C12H21N2O2+. The molecule has 1 aliphatic heterocycles. The predicted octanol–water partition coefficient (Wildman–Crippen LogP) is 0.928. The second-order valence-corrected chi connectivity index (χ2v) is 4.43. The Balaban J connectivity index is 2.38. The van der Waals surface area contributed by atoms with Crippen LogP contribution in [0.15, 0.2) is 0 Å². The van der Waals surface area contributed by atoms with E-state index in [-0.39, 0.29) is 6.09 Å². The summed E-state index contributed by atoms with van der Waals surface area (Å²) in [4.78, 5) is 13.3. The summed E-state index contributed by atoms with van der Waals surface area (Å²) in [5.74, 6) is 2.67. The summed E-state index contributed by atoms with van der Waals surface area (Å²) in [6.45, 7) is 6.71. The number of amides is 1. The maximum absolute atomic E-state index is 11.5. The van der Waals surface area contributed by atoms with Gasteiger partial charge in [-0.25, -0.2) is 4.79 Å². The first-order chi connectivity index (χ1) is 7.61. The first kappa shape index (κ1) is 12.9. The minimum atomic E-state index is -0.189. The van der Waals surface area contributed by atoms with E-state index >= 15 is 0 Å². The number of hydrogen-bond donors (Lipinski definition) is 0. The third-order valence-electron chi connectivity index (χ3n) is 3.14. The van der Waals surface area contributed by atoms with Crippen molar-refractivity contribution in [3.05, 3.63) is 0 Å². The molecule has 0 spiro atoms. The van der Waals surface area contributed by atoms with Gasteiger partial charge in [-0.2, -0.15) is 0 Å². The van der Waals surface area contributed by atoms with E-state index in [1.54, 1.807) is 4.90 Å². The minimum absolute atomic E-state index is 0.189. The summed E-state index contributed by atoms with van der Waals surface area (Å²) < 4.78 is 5.94. The molecule has 0 unspecified atom stereocenters. The van der Waals surface area contributed by atoms with Gasteiger partial charge in [0.25, 0.3) is 0 Å². The lowest BCUT2D eigenvalue weighted by Gasteiger charge is -2.41. The van der Waals surface area contributed by atoms with Gasteiger partial charge in [-0.05, 0) is 6.92 Å². The van der Waals surface area contributed by atoms with Crippen molar-refractivity contribution in [2.24, 2.45) is 0 Å². The third kappa shape index (κ3) is 3.42. The molecule has 0 aromatic carbocycles. The van der Waals surface area contributed by atoms with E-state index in [1.165, 1.54) is 0 Å². The van der Waals surface area contributed by atoms with Crippen molar-refractivity contribution < 1.29 is 14.0 Å². The zero-order valence-corrected chi connectivity index (χ0v) is 10.2. The Morgan fingerprint density at radius 3 is 2.62 bits per heavy atom. The molecule has 1 aliphatic rings. The van der Waals surface area contributed by atoms with Crippen molar-refractivity contribution in [1.82, 2.24) is 4.90 Å². The standard InChI is InChI=1S/C12H21N2O2/c1-4-6-9-14(3)10-7-13(8-11-14)12(15)16-5-2/h1H,5-11H2,2-3H3/q+1. The van der Waals surface area contributed by atoms with Crippen LogP contribution in [0.5, 0.6) is 0 Å². The molecular weight excluding hydrogens is 204 g/mol. The SMILES string of the molecule is C#CCC[N+]1(C)CCN(C(=O)OCC)CC1. The predicted molar refractivity (Wildman–Crippen MR) is 62.8 cm³/mol. The van der Waals surface area contributed by atoms with Gasteiger partial charge in [0.05, 0.1) is 52.8 Å². The topological polar surface area (TPSA) is 29.5 Å². The number of carbonyl (C=O) groups excluding carboxylic acids is 1. The zero-order chi connectivity index (χ0) is 12.0. The maximum Gasteiger partial charge on any atom is 0.410 e. The van der Waals surface area contributed by atoms with E-state index in [9.17, 15) is 4.79 Å². The van der Waals surface area contributed by atoms with Crippen molar-refractivity contribution >= 4 is 6.09 Å². The van der Waals surface area contributed by atoms with Crippen molar-refractivity contribution in [2.75, 3.05) is 46.4 Å². The van der Waals surface area contributed by atoms with Gasteiger partial charge in [0.1, 0.15) is 0 Å². The van der Waals surface area contributed by atoms with E-state index in [4.69, 9.17) is 11.2 Å². The van der Waals surface area contributed by atoms with Gasteiger partial charge in [-0.15, -0.1) is 12.3 Å². The molecule has 90 valence electrons. The fraction of sp³-hybridized carbons (Fsp3) is 0.750. The normalized spacial score (nSPS) is 18.9. The van der Waals surface area contributed by atoms with Crippen molar-refractivity contribution in [1.29, 1.82) is 0 Å². The van der Waals surface area contributed by atoms with Gasteiger partial charge in [0.2, 0.25) is 0 Å². The summed E-state index contributed by atoms with van der Waals surface area (Å²) in [6, 6.07) is 0. The molecule has 0 atom stereocenters. The molecule has 0 aliphatic carbocycles. The number of piperazine rings is 1. The fourth-order valence-corrected chi connectivity index (χ4v) is 1.90. The number of quaternary nitrogens is 1. The van der Waals surface area contributed by atoms with Crippen LogP contribution >= 0.6 is 0 Å². The van der Waals surface area contributed by atoms with Crippen LogP contribution in [0.25, 0.3) is 0 Å². The number of rotatable bonds is 3. The van der Waals surface area contributed by atoms with Crippen LogP contribution in [0.1, 0.15) is 13.3 Å². The van der Waals surface area contributed by atoms with Crippen molar-refractivity contribution in [3.8, 4) is 12.3 Å². The molecule has 1 saturated heterocycles. The lowest BCUT2D eigenvalue weighted by atomic mass is 10.2. The Morgan fingerprint density at radius 1 is 1.50 bits per heavy atom. The number of ether oxygens (including phenoxy) is 1. The first-order valence-corrected chi connectivity index (χ1v) is 5.80. The van der Waals surface area contributed by atoms with Crippen LogP contribution in [0.2, 0.25) is 0 Å². The molecule has 1 rings (SSSR count). The Morgan fingerprint density at radius 2 is 2.12 bits per heavy atom. The van der Waals surface area contributed by atoms with E-state index in [2.05, 4.69) is 13.0 Å². The molecule has 1 heterocycles. The molecule has 4 heteroatoms. The van der Waals surface area contributed by atoms with Crippen LogP contribution in [-0.2, 0) is 4.74 Å². The van der Waals surface area contributed by atoms with Gasteiger partial charge in [-0.3, -0.25) is 4.90 Å². The minimum Gasteiger partial charge on any atom is -0.450 e. The lowest BCUT2D eigenvalue weighted by molar-refractivity contribution is -0.912. The van der Waals surface area contributed by atoms with Gasteiger partial charge in [0.15, 0.2) is 0 Å². The molecule has 16 heavy (non-hydrogen) atoms. The molecule has 0 radical (unpaired) electrons. The Kier molecular flexibility index (Phi) is 4.63. The number of terminal acetylenes is 1. The molecule has 0 N–H and O–H groups in total. The average molecular weight is 225 g/mol. The second-order valence-electron chi connectivity index (χ2n) is 4.43. The average Bonchev–Trinajstić information content (AvgIpc) is 2.28. The van der Waals surface area contributed by atoms with E-state index in [0.29, 0.717) is 6.61 Å². The van der Waals surface area contributed by atoms with Crippen LogP contribution in [0.3, 0.4) is 0 Å². The highest BCUT2D eigenvalue weighted by molar-refractivity contribution is 5.67. The van der Waals surface area contributed by atoms with Crippen LogP contribution in [-0.4, -0.2) is 61.9 Å². The van der Waals surface area contributed by atoms with E-state index in [0.717, 1.165) is 43.6 Å². The second kappa shape index (κ2) is 5.76. The third-order valence-corrected chi connectivity index (χ3v) is 3.14. The highest BCUT2D eigenvalue weighted by Gasteiger charge is 2.30. The molecule has 0 saturated carbocycles. The first-order valence-electron chi connectivity index (χ1n) is 5.80. The monoisotopic (exact) mass is 225 g/mol. The molecule has 0 aromatic heterocycles. The Hall–Kier alpha value is -1.21. The molecule has 0 bridgehead atoms. The maximum atomic E-state index is 11.5. The van der Waals surface area contributed by atoms with Gasteiger partial charge < -0.3 is 9.22 Å². The Labute approximate surface area is 97.8 Å². The van der Waals surface area contributed by atoms with Crippen LogP contribution in [0, 0.1) is 12.3 Å². The summed E-state index contributed by atoms with van der Waals surface area (Å²) in [5, 5.41) is 0. The van der Waals surface area contributed by atoms with Crippen molar-refractivity contribution in [3.63, 3.8) is 0 Å². The van der Waals surface area contributed by atoms with Gasteiger partial charge >= 0.3 is 6.09 Å². The molecule has 1 fully saturated rings. The number of likely N-dealkylation sites (N-methyl/N-ethyl adjacent to an activating group) is 1. The summed E-state index contributed by atoms with van der Waals surface area (Å²) in [5.41, 5.74) is 0. The van der Waals surface area contributed by atoms with Crippen molar-refractivity contribution in [2.45, 2.75) is 13.3 Å². The highest BCUT2D eigenvalue weighted by atomic mass is 16.6. The van der Waals surface area contributed by atoms with Crippen LogP contribution in [0.4, 0.5) is 4.79 Å². The number of carbonyl (C=O) groups is 1. The molecule has 0 aromatic rings. The van der Waals surface area contributed by atoms with Gasteiger partial charge in [0, 0.05) is 0 Å². The summed E-state index contributed by atoms with van der Waals surface area (Å²) >= 11 is 0. The Bertz CT molecular complexity index is 275. The van der Waals surface area contributed by atoms with E-state index in [1.807, 2.05) is 6.92 Å². The summed E-state index contributed by atoms with van der Waals surface area (Å²) in [7, 11) is 2.19. The molecule has 4 nitrogen and oxygen atoms in total. The zero-order valence-electron chi connectivity index (χ0n) is 10.2. The smallest absolute Gasteiger partial charge is 0.410 e. The van der Waals surface area contributed by atoms with Crippen LogP contribution < -0.4 is 0 Å². The fourth-order valence-electron chi connectivity index (χ4n) is 1.90. The summed E-state index contributed by atoms with van der Waals surface area (Å²) in [6.07, 6.45) is 5.89. The van der Waals surface area contributed by atoms with E-state index < -0.39 is 0 Å². The van der Waals surface area contributed by atoms with Gasteiger partial charge in [-0.1, -0.05) is 0 Å². The highest BCUT2D eigenvalue weighted by Crippen LogP contribution is 2.11. The largest absolute Gasteiger partial charge is 0.450 e. The number of hydrogen-bond acceptors (Lipinski definition) is 2.